The maximum atomic E-state index is 13.9. The summed E-state index contributed by atoms with van der Waals surface area (Å²) in [5, 5.41) is 13.0. The van der Waals surface area contributed by atoms with Crippen molar-refractivity contribution in [3.63, 3.8) is 0 Å². The Morgan fingerprint density at radius 3 is 2.76 bits per heavy atom. The van der Waals surface area contributed by atoms with Gasteiger partial charge in [0.05, 0.1) is 33.5 Å². The number of hydrogen-bond donors (Lipinski definition) is 2. The van der Waals surface area contributed by atoms with Crippen molar-refractivity contribution in [2.45, 2.75) is 13.0 Å². The molecule has 0 spiro atoms. The largest absolute Gasteiger partial charge is 0.394 e. The Morgan fingerprint density at radius 1 is 1.21 bits per heavy atom. The SMILES string of the molecule is Cc1cc(Nc2nccc(-c3ccn([C@H](CO)c4ccc(Cl)c(F)c4)c(=O)c3)n2)c(Br)cn1. The fourth-order valence-corrected chi connectivity index (χ4v) is 3.75. The third-order valence-electron chi connectivity index (χ3n) is 4.98. The second-order valence-corrected chi connectivity index (χ2v) is 8.49. The fourth-order valence-electron chi connectivity index (χ4n) is 3.32. The minimum Gasteiger partial charge on any atom is -0.394 e. The molecular weight excluding hydrogens is 513 g/mol. The summed E-state index contributed by atoms with van der Waals surface area (Å²) >= 11 is 9.19. The van der Waals surface area contributed by atoms with Crippen LogP contribution in [0.3, 0.4) is 0 Å². The standard InChI is InChI=1S/C23H18BrClFN5O2/c1-13-8-20(16(24)11-28-13)30-23-27-6-4-19(29-23)14-5-7-31(22(33)10-14)21(12-32)15-2-3-17(25)18(26)9-15/h2-11,21,32H,12H2,1H3,(H,27,28,29,30)/t21-/m1/s1. The van der Waals surface area contributed by atoms with Gasteiger partial charge in [-0.05, 0) is 58.7 Å². The molecule has 0 radical (unpaired) electrons. The van der Waals surface area contributed by atoms with E-state index in [1.54, 1.807) is 36.8 Å². The second-order valence-electron chi connectivity index (χ2n) is 7.23. The molecule has 10 heteroatoms. The Kier molecular flexibility index (Phi) is 6.83. The highest BCUT2D eigenvalue weighted by molar-refractivity contribution is 9.10. The summed E-state index contributed by atoms with van der Waals surface area (Å²) in [5.74, 6) is -0.262. The lowest BCUT2D eigenvalue weighted by atomic mass is 10.1. The summed E-state index contributed by atoms with van der Waals surface area (Å²) < 4.78 is 16.0. The van der Waals surface area contributed by atoms with Crippen molar-refractivity contribution in [3.8, 4) is 11.3 Å². The van der Waals surface area contributed by atoms with Crippen LogP contribution in [-0.4, -0.2) is 31.2 Å². The zero-order chi connectivity index (χ0) is 23.5. The van der Waals surface area contributed by atoms with E-state index in [-0.39, 0.29) is 17.2 Å². The van der Waals surface area contributed by atoms with Gasteiger partial charge in [-0.1, -0.05) is 17.7 Å². The van der Waals surface area contributed by atoms with E-state index in [0.717, 1.165) is 15.9 Å². The summed E-state index contributed by atoms with van der Waals surface area (Å²) in [6, 6.07) is 10.1. The van der Waals surface area contributed by atoms with Crippen LogP contribution in [0.1, 0.15) is 17.3 Å². The third-order valence-corrected chi connectivity index (χ3v) is 5.91. The van der Waals surface area contributed by atoms with Gasteiger partial charge in [0.25, 0.3) is 5.56 Å². The second kappa shape index (κ2) is 9.78. The van der Waals surface area contributed by atoms with Gasteiger partial charge in [0.15, 0.2) is 0 Å². The predicted molar refractivity (Wildman–Crippen MR) is 128 cm³/mol. The summed E-state index contributed by atoms with van der Waals surface area (Å²) in [4.78, 5) is 25.8. The quantitative estimate of drug-likeness (QED) is 0.369. The van der Waals surface area contributed by atoms with Crippen LogP contribution in [0.5, 0.6) is 0 Å². The number of aliphatic hydroxyl groups excluding tert-OH is 1. The smallest absolute Gasteiger partial charge is 0.251 e. The van der Waals surface area contributed by atoms with Crippen molar-refractivity contribution in [2.24, 2.45) is 0 Å². The van der Waals surface area contributed by atoms with Crippen LogP contribution in [0, 0.1) is 12.7 Å². The molecule has 1 aromatic carbocycles. The van der Waals surface area contributed by atoms with E-state index in [2.05, 4.69) is 36.2 Å². The molecule has 4 rings (SSSR count). The highest BCUT2D eigenvalue weighted by atomic mass is 79.9. The van der Waals surface area contributed by atoms with Gasteiger partial charge in [-0.15, -0.1) is 0 Å². The van der Waals surface area contributed by atoms with E-state index in [1.807, 2.05) is 13.0 Å². The molecule has 33 heavy (non-hydrogen) atoms. The average molecular weight is 531 g/mol. The van der Waals surface area contributed by atoms with Crippen molar-refractivity contribution in [1.82, 2.24) is 19.5 Å². The molecular formula is C23H18BrClFN5O2. The number of pyridine rings is 2. The van der Waals surface area contributed by atoms with Gasteiger partial charge in [-0.3, -0.25) is 9.78 Å². The highest BCUT2D eigenvalue weighted by Crippen LogP contribution is 2.26. The Morgan fingerprint density at radius 2 is 2.03 bits per heavy atom. The number of aliphatic hydroxyl groups is 1. The molecule has 0 fully saturated rings. The summed E-state index contributed by atoms with van der Waals surface area (Å²) in [6.07, 6.45) is 4.82. The maximum absolute atomic E-state index is 13.9. The zero-order valence-electron chi connectivity index (χ0n) is 17.3. The van der Waals surface area contributed by atoms with Crippen LogP contribution >= 0.6 is 27.5 Å². The normalized spacial score (nSPS) is 11.9. The maximum Gasteiger partial charge on any atom is 0.251 e. The predicted octanol–water partition coefficient (Wildman–Crippen LogP) is 4.89. The van der Waals surface area contributed by atoms with Crippen LogP contribution < -0.4 is 10.9 Å². The van der Waals surface area contributed by atoms with Crippen molar-refractivity contribution >= 4 is 39.2 Å². The number of halogens is 3. The lowest BCUT2D eigenvalue weighted by Gasteiger charge is -2.18. The third kappa shape index (κ3) is 5.11. The number of anilines is 2. The van der Waals surface area contributed by atoms with Crippen molar-refractivity contribution in [2.75, 3.05) is 11.9 Å². The molecule has 0 aliphatic carbocycles. The number of aromatic nitrogens is 4. The Labute approximate surface area is 202 Å². The Hall–Kier alpha value is -3.14. The molecule has 168 valence electrons. The van der Waals surface area contributed by atoms with Gasteiger partial charge in [0.2, 0.25) is 5.95 Å². The molecule has 3 aromatic heterocycles. The first-order valence-corrected chi connectivity index (χ1v) is 11.0. The molecule has 0 amide bonds. The number of nitrogens with one attached hydrogen (secondary N) is 1. The van der Waals surface area contributed by atoms with E-state index < -0.39 is 11.9 Å². The number of benzene rings is 1. The minimum atomic E-state index is -0.756. The van der Waals surface area contributed by atoms with Gasteiger partial charge in [-0.2, -0.15) is 0 Å². The van der Waals surface area contributed by atoms with Crippen LogP contribution in [0.2, 0.25) is 5.02 Å². The lowest BCUT2D eigenvalue weighted by Crippen LogP contribution is -2.27. The van der Waals surface area contributed by atoms with Gasteiger partial charge in [0, 0.05) is 35.9 Å². The molecule has 0 unspecified atom stereocenters. The summed E-state index contributed by atoms with van der Waals surface area (Å²) in [5.41, 5.74) is 2.77. The Bertz CT molecular complexity index is 1380. The van der Waals surface area contributed by atoms with Gasteiger partial charge >= 0.3 is 0 Å². The van der Waals surface area contributed by atoms with E-state index in [9.17, 15) is 14.3 Å². The van der Waals surface area contributed by atoms with Crippen LogP contribution in [0.4, 0.5) is 16.0 Å². The lowest BCUT2D eigenvalue weighted by molar-refractivity contribution is 0.247. The van der Waals surface area contributed by atoms with E-state index in [1.165, 1.54) is 22.8 Å². The molecule has 3 heterocycles. The molecule has 7 nitrogen and oxygen atoms in total. The number of rotatable bonds is 6. The molecule has 1 atom stereocenters. The minimum absolute atomic E-state index is 0.0275. The molecule has 0 saturated carbocycles. The van der Waals surface area contributed by atoms with Gasteiger partial charge < -0.3 is 15.0 Å². The number of aryl methyl sites for hydroxylation is 1. The average Bonchev–Trinajstić information content (AvgIpc) is 2.80. The molecule has 2 N–H and O–H groups in total. The number of nitrogens with zero attached hydrogens (tertiary/aromatic N) is 4. The molecule has 0 aliphatic rings. The van der Waals surface area contributed by atoms with Crippen LogP contribution in [0.25, 0.3) is 11.3 Å². The zero-order valence-corrected chi connectivity index (χ0v) is 19.7. The first-order valence-electron chi connectivity index (χ1n) is 9.86. The summed E-state index contributed by atoms with van der Waals surface area (Å²) in [6.45, 7) is 1.49. The van der Waals surface area contributed by atoms with Crippen molar-refractivity contribution in [1.29, 1.82) is 0 Å². The molecule has 4 aromatic rings. The molecule has 0 aliphatic heterocycles. The van der Waals surface area contributed by atoms with E-state index >= 15 is 0 Å². The monoisotopic (exact) mass is 529 g/mol. The topological polar surface area (TPSA) is 92.9 Å². The van der Waals surface area contributed by atoms with Crippen LogP contribution in [-0.2, 0) is 0 Å². The fraction of sp³-hybridized carbons (Fsp3) is 0.130. The summed E-state index contributed by atoms with van der Waals surface area (Å²) in [7, 11) is 0. The van der Waals surface area contributed by atoms with Gasteiger partial charge in [0.1, 0.15) is 5.82 Å². The van der Waals surface area contributed by atoms with Crippen molar-refractivity contribution < 1.29 is 9.50 Å². The van der Waals surface area contributed by atoms with E-state index in [0.29, 0.717) is 22.8 Å². The van der Waals surface area contributed by atoms with Gasteiger partial charge in [-0.25, -0.2) is 14.4 Å². The first kappa shape index (κ1) is 23.0. The molecule has 0 bridgehead atoms. The highest BCUT2D eigenvalue weighted by Gasteiger charge is 2.17. The van der Waals surface area contributed by atoms with Crippen molar-refractivity contribution in [3.05, 3.63) is 98.0 Å². The first-order chi connectivity index (χ1) is 15.9. The number of hydrogen-bond acceptors (Lipinski definition) is 6. The van der Waals surface area contributed by atoms with Crippen LogP contribution in [0.15, 0.2) is 70.3 Å². The molecule has 0 saturated heterocycles. The Balaban J connectivity index is 1.64. The van der Waals surface area contributed by atoms with E-state index in [4.69, 9.17) is 11.6 Å².